The molecule has 1 amide bonds. The summed E-state index contributed by atoms with van der Waals surface area (Å²) in [6.45, 7) is 3.11. The molecule has 1 saturated heterocycles. The molecule has 0 radical (unpaired) electrons. The van der Waals surface area contributed by atoms with Crippen LogP contribution in [0.4, 0.5) is 10.9 Å². The number of carbonyl (C=O) groups is 1. The van der Waals surface area contributed by atoms with Gasteiger partial charge in [0, 0.05) is 39.3 Å². The summed E-state index contributed by atoms with van der Waals surface area (Å²) < 4.78 is 26.5. The maximum Gasteiger partial charge on any atom is 0.272 e. The highest BCUT2D eigenvalue weighted by Gasteiger charge is 2.32. The van der Waals surface area contributed by atoms with E-state index in [0.717, 1.165) is 17.2 Å². The molecule has 2 aromatic rings. The molecule has 0 spiro atoms. The SMILES string of the molecule is CC(=O)Nc1nnc(S(=O)(=O)N2CCN(c3ccccn3)CC2)s1. The number of nitrogens with one attached hydrogen (secondary N) is 1. The van der Waals surface area contributed by atoms with Gasteiger partial charge < -0.3 is 10.2 Å². The van der Waals surface area contributed by atoms with Gasteiger partial charge in [0.1, 0.15) is 5.82 Å². The number of nitrogens with zero attached hydrogens (tertiary/aromatic N) is 5. The average molecular weight is 368 g/mol. The van der Waals surface area contributed by atoms with Gasteiger partial charge in [-0.15, -0.1) is 10.2 Å². The second kappa shape index (κ2) is 6.79. The van der Waals surface area contributed by atoms with Gasteiger partial charge in [-0.25, -0.2) is 13.4 Å². The van der Waals surface area contributed by atoms with Gasteiger partial charge in [0.2, 0.25) is 15.4 Å². The van der Waals surface area contributed by atoms with Gasteiger partial charge >= 0.3 is 0 Å². The molecule has 0 atom stereocenters. The summed E-state index contributed by atoms with van der Waals surface area (Å²) in [5.74, 6) is 0.512. The molecule has 9 nitrogen and oxygen atoms in total. The van der Waals surface area contributed by atoms with Crippen molar-refractivity contribution in [1.29, 1.82) is 0 Å². The molecule has 3 rings (SSSR count). The Morgan fingerprint density at radius 1 is 1.21 bits per heavy atom. The van der Waals surface area contributed by atoms with E-state index in [2.05, 4.69) is 20.5 Å². The topological polar surface area (TPSA) is 108 Å². The molecular formula is C13H16N6O3S2. The normalized spacial score (nSPS) is 16.1. The molecule has 11 heteroatoms. The van der Waals surface area contributed by atoms with Gasteiger partial charge in [-0.2, -0.15) is 4.31 Å². The Balaban J connectivity index is 1.68. The summed E-state index contributed by atoms with van der Waals surface area (Å²) in [5, 5.41) is 9.99. The molecular weight excluding hydrogens is 352 g/mol. The van der Waals surface area contributed by atoms with Crippen LogP contribution in [-0.2, 0) is 14.8 Å². The third kappa shape index (κ3) is 3.52. The molecule has 3 heterocycles. The average Bonchev–Trinajstić information content (AvgIpc) is 3.04. The van der Waals surface area contributed by atoms with Crippen molar-refractivity contribution in [2.45, 2.75) is 11.3 Å². The molecule has 0 aromatic carbocycles. The third-order valence-corrected chi connectivity index (χ3v) is 6.55. The van der Waals surface area contributed by atoms with Crippen LogP contribution in [0.5, 0.6) is 0 Å². The minimum absolute atomic E-state index is 0.113. The van der Waals surface area contributed by atoms with Crippen LogP contribution < -0.4 is 10.2 Å². The van der Waals surface area contributed by atoms with Gasteiger partial charge in [-0.1, -0.05) is 17.4 Å². The fourth-order valence-corrected chi connectivity index (χ4v) is 4.83. The summed E-state index contributed by atoms with van der Waals surface area (Å²) in [7, 11) is -3.70. The van der Waals surface area contributed by atoms with Crippen LogP contribution in [0.25, 0.3) is 0 Å². The first kappa shape index (κ1) is 16.7. The van der Waals surface area contributed by atoms with E-state index in [-0.39, 0.29) is 15.4 Å². The minimum Gasteiger partial charge on any atom is -0.354 e. The first-order valence-electron chi connectivity index (χ1n) is 7.24. The van der Waals surface area contributed by atoms with Crippen molar-refractivity contribution in [1.82, 2.24) is 19.5 Å². The van der Waals surface area contributed by atoms with E-state index in [1.807, 2.05) is 23.1 Å². The van der Waals surface area contributed by atoms with Crippen LogP contribution in [0.15, 0.2) is 28.7 Å². The number of aromatic nitrogens is 3. The molecule has 24 heavy (non-hydrogen) atoms. The highest BCUT2D eigenvalue weighted by atomic mass is 32.2. The first-order valence-corrected chi connectivity index (χ1v) is 9.50. The van der Waals surface area contributed by atoms with Crippen LogP contribution in [0.1, 0.15) is 6.92 Å². The number of amides is 1. The lowest BCUT2D eigenvalue weighted by atomic mass is 10.3. The molecule has 128 valence electrons. The standard InChI is InChI=1S/C13H16N6O3S2/c1-10(20)15-12-16-17-13(23-12)24(21,22)19-8-6-18(7-9-19)11-4-2-3-5-14-11/h2-5H,6-9H2,1H3,(H,15,16,20). The van der Waals surface area contributed by atoms with E-state index in [9.17, 15) is 13.2 Å². The van der Waals surface area contributed by atoms with Gasteiger partial charge in [0.25, 0.3) is 10.0 Å². The Hall–Kier alpha value is -2.11. The number of hydrogen-bond donors (Lipinski definition) is 1. The zero-order chi connectivity index (χ0) is 17.2. The predicted octanol–water partition coefficient (Wildman–Crippen LogP) is 0.402. The summed E-state index contributed by atoms with van der Waals surface area (Å²) in [6.07, 6.45) is 1.71. The highest BCUT2D eigenvalue weighted by Crippen LogP contribution is 2.24. The van der Waals surface area contributed by atoms with E-state index in [1.54, 1.807) is 6.20 Å². The summed E-state index contributed by atoms with van der Waals surface area (Å²) in [5.41, 5.74) is 0. The van der Waals surface area contributed by atoms with Gasteiger partial charge in [0.05, 0.1) is 0 Å². The Labute approximate surface area is 143 Å². The van der Waals surface area contributed by atoms with Crippen LogP contribution >= 0.6 is 11.3 Å². The van der Waals surface area contributed by atoms with Crippen LogP contribution in [0.3, 0.4) is 0 Å². The minimum atomic E-state index is -3.70. The lowest BCUT2D eigenvalue weighted by Crippen LogP contribution is -2.48. The van der Waals surface area contributed by atoms with E-state index < -0.39 is 10.0 Å². The number of sulfonamides is 1. The summed E-state index contributed by atoms with van der Waals surface area (Å²) in [4.78, 5) is 17.3. The monoisotopic (exact) mass is 368 g/mol. The number of carbonyl (C=O) groups excluding carboxylic acids is 1. The van der Waals surface area contributed by atoms with Crippen molar-refractivity contribution >= 4 is 38.2 Å². The van der Waals surface area contributed by atoms with E-state index in [1.165, 1.54) is 11.2 Å². The maximum absolute atomic E-state index is 12.6. The smallest absolute Gasteiger partial charge is 0.272 e. The molecule has 0 bridgehead atoms. The zero-order valence-corrected chi connectivity index (χ0v) is 14.5. The first-order chi connectivity index (χ1) is 11.5. The second-order valence-electron chi connectivity index (χ2n) is 5.13. The fraction of sp³-hybridized carbons (Fsp3) is 0.385. The highest BCUT2D eigenvalue weighted by molar-refractivity contribution is 7.91. The molecule has 0 saturated carbocycles. The van der Waals surface area contributed by atoms with Gasteiger partial charge in [0.15, 0.2) is 0 Å². The van der Waals surface area contributed by atoms with E-state index in [4.69, 9.17) is 0 Å². The lowest BCUT2D eigenvalue weighted by molar-refractivity contribution is -0.114. The van der Waals surface area contributed by atoms with Crippen molar-refractivity contribution < 1.29 is 13.2 Å². The molecule has 0 unspecified atom stereocenters. The zero-order valence-electron chi connectivity index (χ0n) is 12.9. The van der Waals surface area contributed by atoms with E-state index >= 15 is 0 Å². The third-order valence-electron chi connectivity index (χ3n) is 3.46. The van der Waals surface area contributed by atoms with Gasteiger partial charge in [-0.3, -0.25) is 4.79 Å². The van der Waals surface area contributed by atoms with Crippen molar-refractivity contribution in [3.63, 3.8) is 0 Å². The molecule has 1 aliphatic rings. The number of rotatable bonds is 4. The molecule has 1 N–H and O–H groups in total. The van der Waals surface area contributed by atoms with Crippen molar-refractivity contribution in [3.8, 4) is 0 Å². The number of hydrogen-bond acceptors (Lipinski definition) is 8. The van der Waals surface area contributed by atoms with Crippen LogP contribution in [-0.4, -0.2) is 60.0 Å². The lowest BCUT2D eigenvalue weighted by Gasteiger charge is -2.33. The van der Waals surface area contributed by atoms with Crippen molar-refractivity contribution in [2.24, 2.45) is 0 Å². The quantitative estimate of drug-likeness (QED) is 0.778. The van der Waals surface area contributed by atoms with Crippen LogP contribution in [0, 0.1) is 0 Å². The summed E-state index contributed by atoms with van der Waals surface area (Å²) >= 11 is 0.849. The maximum atomic E-state index is 12.6. The fourth-order valence-electron chi connectivity index (χ4n) is 2.32. The predicted molar refractivity (Wildman–Crippen MR) is 89.4 cm³/mol. The molecule has 1 aliphatic heterocycles. The van der Waals surface area contributed by atoms with Crippen LogP contribution in [0.2, 0.25) is 0 Å². The second-order valence-corrected chi connectivity index (χ2v) is 8.22. The number of anilines is 2. The largest absolute Gasteiger partial charge is 0.354 e. The molecule has 1 fully saturated rings. The summed E-state index contributed by atoms with van der Waals surface area (Å²) in [6, 6.07) is 5.64. The van der Waals surface area contributed by atoms with Crippen molar-refractivity contribution in [2.75, 3.05) is 36.4 Å². The Morgan fingerprint density at radius 2 is 1.96 bits per heavy atom. The van der Waals surface area contributed by atoms with Crippen molar-refractivity contribution in [3.05, 3.63) is 24.4 Å². The molecule has 2 aromatic heterocycles. The molecule has 0 aliphatic carbocycles. The van der Waals surface area contributed by atoms with Gasteiger partial charge in [-0.05, 0) is 12.1 Å². The Bertz CT molecular complexity index is 815. The Morgan fingerprint density at radius 3 is 2.58 bits per heavy atom. The number of pyridine rings is 1. The Kier molecular flexibility index (Phi) is 4.73. The van der Waals surface area contributed by atoms with E-state index in [0.29, 0.717) is 26.2 Å². The number of piperazine rings is 1.